The second-order valence-electron chi connectivity index (χ2n) is 6.24. The first kappa shape index (κ1) is 17.7. The van der Waals surface area contributed by atoms with Crippen LogP contribution in [0.1, 0.15) is 5.56 Å². The van der Waals surface area contributed by atoms with Gasteiger partial charge in [0.05, 0.1) is 12.5 Å². The Morgan fingerprint density at radius 2 is 1.68 bits per heavy atom. The van der Waals surface area contributed by atoms with E-state index in [9.17, 15) is 9.90 Å². The lowest BCUT2D eigenvalue weighted by Crippen LogP contribution is -2.03. The summed E-state index contributed by atoms with van der Waals surface area (Å²) in [6.45, 7) is 0.355. The molecule has 1 N–H and O–H groups in total. The third-order valence-corrected chi connectivity index (χ3v) is 4.44. The molecule has 0 amide bonds. The maximum Gasteiger partial charge on any atom is 0.235 e. The van der Waals surface area contributed by atoms with Gasteiger partial charge in [0, 0.05) is 5.56 Å². The standard InChI is InChI=1S/C23H18O5/c1-26-19-12-11-16(13-20(19)27-14-15-7-3-2-4-8-15)23-22(25)21(24)17-9-5-6-10-18(17)28-23/h2-13,25H,14H2,1H3. The second kappa shape index (κ2) is 7.48. The fourth-order valence-electron chi connectivity index (χ4n) is 2.99. The van der Waals surface area contributed by atoms with Crippen LogP contribution in [0.15, 0.2) is 82.0 Å². The van der Waals surface area contributed by atoms with Crippen molar-refractivity contribution < 1.29 is 19.0 Å². The lowest BCUT2D eigenvalue weighted by molar-refractivity contribution is 0.284. The summed E-state index contributed by atoms with van der Waals surface area (Å²) in [5, 5.41) is 10.7. The van der Waals surface area contributed by atoms with Crippen LogP contribution in [0.2, 0.25) is 0 Å². The molecule has 0 atom stereocenters. The van der Waals surface area contributed by atoms with Crippen molar-refractivity contribution in [2.45, 2.75) is 6.61 Å². The van der Waals surface area contributed by atoms with Gasteiger partial charge in [-0.25, -0.2) is 0 Å². The lowest BCUT2D eigenvalue weighted by atomic mass is 10.1. The highest BCUT2D eigenvalue weighted by atomic mass is 16.5. The van der Waals surface area contributed by atoms with Gasteiger partial charge in [0.25, 0.3) is 0 Å². The van der Waals surface area contributed by atoms with Gasteiger partial charge < -0.3 is 19.0 Å². The number of benzene rings is 3. The number of hydrogen-bond donors (Lipinski definition) is 1. The van der Waals surface area contributed by atoms with Crippen molar-refractivity contribution in [3.8, 4) is 28.6 Å². The molecule has 0 fully saturated rings. The van der Waals surface area contributed by atoms with E-state index >= 15 is 0 Å². The molecule has 5 heteroatoms. The van der Waals surface area contributed by atoms with Crippen LogP contribution in [0.25, 0.3) is 22.3 Å². The average molecular weight is 374 g/mol. The molecule has 140 valence electrons. The minimum Gasteiger partial charge on any atom is -0.502 e. The van der Waals surface area contributed by atoms with E-state index in [0.717, 1.165) is 5.56 Å². The number of rotatable bonds is 5. The topological polar surface area (TPSA) is 68.9 Å². The molecule has 1 aromatic heterocycles. The highest BCUT2D eigenvalue weighted by molar-refractivity contribution is 5.82. The highest BCUT2D eigenvalue weighted by Gasteiger charge is 2.17. The van der Waals surface area contributed by atoms with E-state index in [2.05, 4.69) is 0 Å². The van der Waals surface area contributed by atoms with E-state index in [1.807, 2.05) is 30.3 Å². The van der Waals surface area contributed by atoms with E-state index in [1.54, 1.807) is 49.6 Å². The van der Waals surface area contributed by atoms with Gasteiger partial charge in [-0.3, -0.25) is 4.79 Å². The number of aromatic hydroxyl groups is 1. The molecule has 0 radical (unpaired) electrons. The maximum absolute atomic E-state index is 12.5. The molecular formula is C23H18O5. The molecule has 0 spiro atoms. The molecule has 0 saturated heterocycles. The Hall–Kier alpha value is -3.73. The van der Waals surface area contributed by atoms with Crippen LogP contribution in [0.5, 0.6) is 17.2 Å². The predicted octanol–water partition coefficient (Wildman–Crippen LogP) is 4.75. The first-order valence-electron chi connectivity index (χ1n) is 8.77. The molecular weight excluding hydrogens is 356 g/mol. The second-order valence-corrected chi connectivity index (χ2v) is 6.24. The summed E-state index contributed by atoms with van der Waals surface area (Å²) in [7, 11) is 1.55. The fourth-order valence-corrected chi connectivity index (χ4v) is 2.99. The van der Waals surface area contributed by atoms with Crippen LogP contribution < -0.4 is 14.9 Å². The van der Waals surface area contributed by atoms with E-state index in [1.165, 1.54) is 0 Å². The van der Waals surface area contributed by atoms with Gasteiger partial charge >= 0.3 is 0 Å². The van der Waals surface area contributed by atoms with Crippen molar-refractivity contribution in [2.75, 3.05) is 7.11 Å². The van der Waals surface area contributed by atoms with Crippen LogP contribution in [0.4, 0.5) is 0 Å². The van der Waals surface area contributed by atoms with Gasteiger partial charge in [0.1, 0.15) is 12.2 Å². The zero-order chi connectivity index (χ0) is 19.5. The van der Waals surface area contributed by atoms with E-state index < -0.39 is 11.2 Å². The molecule has 0 unspecified atom stereocenters. The molecule has 0 saturated carbocycles. The summed E-state index contributed by atoms with van der Waals surface area (Å²) in [5.41, 5.74) is 1.46. The van der Waals surface area contributed by atoms with Crippen LogP contribution in [-0.4, -0.2) is 12.2 Å². The van der Waals surface area contributed by atoms with Crippen LogP contribution >= 0.6 is 0 Å². The van der Waals surface area contributed by atoms with Crippen molar-refractivity contribution in [2.24, 2.45) is 0 Å². The Balaban J connectivity index is 1.75. The zero-order valence-electron chi connectivity index (χ0n) is 15.2. The molecule has 0 aliphatic rings. The molecule has 0 aliphatic heterocycles. The largest absolute Gasteiger partial charge is 0.502 e. The fraction of sp³-hybridized carbons (Fsp3) is 0.0870. The Labute approximate surface area is 161 Å². The number of methoxy groups -OCH3 is 1. The van der Waals surface area contributed by atoms with E-state index in [0.29, 0.717) is 34.6 Å². The molecule has 0 aliphatic carbocycles. The molecule has 4 aromatic rings. The number of fused-ring (bicyclic) bond motifs is 1. The third-order valence-electron chi connectivity index (χ3n) is 4.44. The van der Waals surface area contributed by atoms with Gasteiger partial charge in [-0.2, -0.15) is 0 Å². The normalized spacial score (nSPS) is 10.8. The number of para-hydroxylation sites is 1. The minimum atomic E-state index is -0.473. The minimum absolute atomic E-state index is 0.0934. The van der Waals surface area contributed by atoms with Crippen molar-refractivity contribution in [1.82, 2.24) is 0 Å². The Kier molecular flexibility index (Phi) is 4.72. The maximum atomic E-state index is 12.5. The van der Waals surface area contributed by atoms with Crippen molar-refractivity contribution in [3.63, 3.8) is 0 Å². The molecule has 3 aromatic carbocycles. The molecule has 5 nitrogen and oxygen atoms in total. The SMILES string of the molecule is COc1ccc(-c2oc3ccccc3c(=O)c2O)cc1OCc1ccccc1. The van der Waals surface area contributed by atoms with Gasteiger partial charge in [0.15, 0.2) is 17.3 Å². The van der Waals surface area contributed by atoms with Crippen LogP contribution in [-0.2, 0) is 6.61 Å². The summed E-state index contributed by atoms with van der Waals surface area (Å²) >= 11 is 0. The number of ether oxygens (including phenoxy) is 2. The van der Waals surface area contributed by atoms with Crippen molar-refractivity contribution >= 4 is 11.0 Å². The van der Waals surface area contributed by atoms with Gasteiger partial charge in [0.2, 0.25) is 11.2 Å². The van der Waals surface area contributed by atoms with Gasteiger partial charge in [-0.15, -0.1) is 0 Å². The van der Waals surface area contributed by atoms with Crippen LogP contribution in [0.3, 0.4) is 0 Å². The summed E-state index contributed by atoms with van der Waals surface area (Å²) in [6.07, 6.45) is 0. The smallest absolute Gasteiger partial charge is 0.235 e. The van der Waals surface area contributed by atoms with Gasteiger partial charge in [-0.1, -0.05) is 42.5 Å². The quantitative estimate of drug-likeness (QED) is 0.546. The molecule has 1 heterocycles. The van der Waals surface area contributed by atoms with Crippen molar-refractivity contribution in [1.29, 1.82) is 0 Å². The lowest BCUT2D eigenvalue weighted by Gasteiger charge is -2.13. The summed E-state index contributed by atoms with van der Waals surface area (Å²) < 4.78 is 17.1. The first-order valence-corrected chi connectivity index (χ1v) is 8.77. The summed E-state index contributed by atoms with van der Waals surface area (Å²) in [6, 6.07) is 21.7. The Morgan fingerprint density at radius 1 is 0.929 bits per heavy atom. The van der Waals surface area contributed by atoms with E-state index in [-0.39, 0.29) is 5.76 Å². The highest BCUT2D eigenvalue weighted by Crippen LogP contribution is 2.36. The summed E-state index contributed by atoms with van der Waals surface area (Å²) in [4.78, 5) is 12.5. The monoisotopic (exact) mass is 374 g/mol. The zero-order valence-corrected chi connectivity index (χ0v) is 15.2. The number of hydrogen-bond acceptors (Lipinski definition) is 5. The Morgan fingerprint density at radius 3 is 2.46 bits per heavy atom. The molecule has 4 rings (SSSR count). The third kappa shape index (κ3) is 3.30. The summed E-state index contributed by atoms with van der Waals surface area (Å²) in [5.74, 6) is 0.690. The van der Waals surface area contributed by atoms with Crippen molar-refractivity contribution in [3.05, 3.63) is 88.6 Å². The molecule has 0 bridgehead atoms. The predicted molar refractivity (Wildman–Crippen MR) is 107 cm³/mol. The van der Waals surface area contributed by atoms with Crippen LogP contribution in [0, 0.1) is 0 Å². The Bertz CT molecular complexity index is 1180. The average Bonchev–Trinajstić information content (AvgIpc) is 2.75. The molecule has 28 heavy (non-hydrogen) atoms. The van der Waals surface area contributed by atoms with E-state index in [4.69, 9.17) is 13.9 Å². The first-order chi connectivity index (χ1) is 13.7. The van der Waals surface area contributed by atoms with Gasteiger partial charge in [-0.05, 0) is 35.9 Å².